The zero-order valence-electron chi connectivity index (χ0n) is 34.4. The summed E-state index contributed by atoms with van der Waals surface area (Å²) in [5.41, 5.74) is 10.1. The molecule has 7 unspecified atom stereocenters. The second-order valence-corrected chi connectivity index (χ2v) is 19.7. The van der Waals surface area contributed by atoms with Gasteiger partial charge < -0.3 is 67.3 Å². The van der Waals surface area contributed by atoms with Crippen LogP contribution in [0, 0.1) is 5.41 Å². The number of amides is 4. The average molecular weight is 1000 g/mol. The van der Waals surface area contributed by atoms with Gasteiger partial charge in [-0.1, -0.05) is 25.6 Å². The van der Waals surface area contributed by atoms with Gasteiger partial charge >= 0.3 is 23.5 Å². The highest BCUT2D eigenvalue weighted by Crippen LogP contribution is 2.61. The number of carbonyl (C=O) groups excluding carboxylic acids is 5. The van der Waals surface area contributed by atoms with E-state index >= 15 is 0 Å². The normalized spacial score (nSPS) is 20.0. The minimum absolute atomic E-state index is 0.0140. The Labute approximate surface area is 372 Å². The third kappa shape index (κ3) is 15.6. The summed E-state index contributed by atoms with van der Waals surface area (Å²) in [6, 6.07) is 4.23. The van der Waals surface area contributed by atoms with E-state index in [9.17, 15) is 67.5 Å². The molecule has 0 aliphatic carbocycles. The van der Waals surface area contributed by atoms with Gasteiger partial charge in [-0.15, -0.1) is 0 Å². The Bertz CT molecular complexity index is 2390. The molecule has 3 aromatic rings. The quantitative estimate of drug-likeness (QED) is 0.0393. The van der Waals surface area contributed by atoms with E-state index in [0.717, 1.165) is 29.0 Å². The first-order valence-corrected chi connectivity index (χ1v) is 24.2. The van der Waals surface area contributed by atoms with E-state index in [-0.39, 0.29) is 65.7 Å². The fraction of sp³-hybridized carbons (Fsp3) is 0.500. The number of hydrogen-bond acceptors (Lipinski definition) is 21. The fourth-order valence-electron chi connectivity index (χ4n) is 5.63. The number of nitrogens with zero attached hydrogens (tertiary/aromatic N) is 4. The molecule has 360 valence electrons. The van der Waals surface area contributed by atoms with Crippen LogP contribution < -0.4 is 32.7 Å². The Kier molecular flexibility index (Phi) is 18.4. The third-order valence-electron chi connectivity index (χ3n) is 8.76. The van der Waals surface area contributed by atoms with Gasteiger partial charge in [0.15, 0.2) is 17.7 Å². The molecule has 4 amide bonds. The van der Waals surface area contributed by atoms with Crippen LogP contribution in [0.3, 0.4) is 0 Å². The predicted molar refractivity (Wildman–Crippen MR) is 225 cm³/mol. The summed E-state index contributed by atoms with van der Waals surface area (Å²) in [6.07, 6.45) is -7.19. The van der Waals surface area contributed by atoms with Gasteiger partial charge in [0.1, 0.15) is 36.3 Å². The van der Waals surface area contributed by atoms with Crippen LogP contribution >= 0.6 is 35.2 Å². The molecule has 14 N–H and O–H groups in total. The van der Waals surface area contributed by atoms with Gasteiger partial charge in [-0.25, -0.2) is 28.6 Å². The number of phosphoric ester groups is 3. The maximum Gasteiger partial charge on any atom is 0.481 e. The van der Waals surface area contributed by atoms with Crippen molar-refractivity contribution >= 4 is 92.3 Å². The van der Waals surface area contributed by atoms with Gasteiger partial charge in [-0.05, 0) is 18.2 Å². The number of thioether (sulfide) groups is 1. The number of imidazole rings is 1. The Morgan fingerprint density at radius 3 is 2.32 bits per heavy atom. The maximum absolute atomic E-state index is 12.7. The molecular formula is C32H47N10O19P3S. The highest BCUT2D eigenvalue weighted by Gasteiger charge is 2.50. The summed E-state index contributed by atoms with van der Waals surface area (Å²) in [5, 5.41) is 31.0. The zero-order valence-corrected chi connectivity index (χ0v) is 37.9. The molecule has 33 heteroatoms. The van der Waals surface area contributed by atoms with Gasteiger partial charge in [0.25, 0.3) is 0 Å². The number of nitrogens with one attached hydrogen (secondary N) is 4. The molecule has 29 nitrogen and oxygen atoms in total. The van der Waals surface area contributed by atoms with Crippen LogP contribution in [0.2, 0.25) is 0 Å². The van der Waals surface area contributed by atoms with Gasteiger partial charge in [0.2, 0.25) is 28.7 Å². The number of hydrogen-bond donors (Lipinski definition) is 12. The first-order valence-electron chi connectivity index (χ1n) is 18.7. The van der Waals surface area contributed by atoms with E-state index < -0.39 is 101 Å². The number of fused-ring (bicyclic) bond motifs is 1. The number of carbonyl (C=O) groups is 5. The summed E-state index contributed by atoms with van der Waals surface area (Å²) in [4.78, 5) is 112. The Balaban J connectivity index is 1.21. The lowest BCUT2D eigenvalue weighted by Gasteiger charge is -2.30. The van der Waals surface area contributed by atoms with Crippen LogP contribution in [0.4, 0.5) is 17.2 Å². The zero-order chi connectivity index (χ0) is 48.5. The van der Waals surface area contributed by atoms with Crippen LogP contribution in [-0.2, 0) is 55.5 Å². The molecule has 1 saturated heterocycles. The molecule has 0 bridgehead atoms. The number of aliphatic hydroxyl groups is 2. The van der Waals surface area contributed by atoms with E-state index in [4.69, 9.17) is 25.3 Å². The van der Waals surface area contributed by atoms with Crippen molar-refractivity contribution in [2.24, 2.45) is 11.1 Å². The number of anilines is 3. The standard InChI is InChI=1S/C32H47N10O19P3S/c1-16(43)40-18-5-4-17(10-19(18)41-22(45)11-33)31(49)65-9-8-35-21(44)6-7-36-29(48)26(47)32(2,3)13-58-64(55,56)61-63(53,54)57-12-20-25(60-62(50,51)52)24(46)30(59-20)42-15-39-23-27(34)37-14-38-28(23)42/h4-5,10,14-15,20,24-26,30,46-47H,6-9,11-13,33H2,1-3H3,(H,35,44)(H,36,48)(H,40,43)(H,41,45)(H,53,54)(H,55,56)(H2,34,37,38)(H2,50,51,52). The van der Waals surface area contributed by atoms with Crippen molar-refractivity contribution in [2.45, 2.75) is 57.8 Å². The maximum atomic E-state index is 12.7. The van der Waals surface area contributed by atoms with Crippen molar-refractivity contribution in [2.75, 3.05) is 55.0 Å². The fourth-order valence-corrected chi connectivity index (χ4v) is 9.14. The van der Waals surface area contributed by atoms with Gasteiger partial charge in [-0.3, -0.25) is 42.1 Å². The molecule has 1 aliphatic rings. The Hall–Kier alpha value is -4.32. The van der Waals surface area contributed by atoms with E-state index in [2.05, 4.69) is 45.1 Å². The second kappa shape index (κ2) is 22.4. The number of ether oxygens (including phenoxy) is 1. The number of nitrogen functional groups attached to an aromatic ring is 1. The SMILES string of the molecule is CC(=O)Nc1ccc(C(=O)SCCNC(=O)CCNC(=O)C(O)C(C)(C)COP(=O)(O)OP(=O)(O)OCC2OC(n3cnc4c(N)ncnc43)C(O)C2OP(=O)(O)O)cc1NC(=O)CN. The van der Waals surface area contributed by atoms with Crippen molar-refractivity contribution in [3.8, 4) is 0 Å². The molecule has 4 rings (SSSR count). The summed E-state index contributed by atoms with van der Waals surface area (Å²) in [6.45, 7) is 1.03. The molecule has 65 heavy (non-hydrogen) atoms. The molecule has 0 radical (unpaired) electrons. The van der Waals surface area contributed by atoms with Crippen molar-refractivity contribution in [1.29, 1.82) is 0 Å². The molecule has 0 saturated carbocycles. The number of aromatic nitrogens is 4. The molecule has 3 heterocycles. The van der Waals surface area contributed by atoms with E-state index in [0.29, 0.717) is 0 Å². The van der Waals surface area contributed by atoms with Crippen molar-refractivity contribution in [3.05, 3.63) is 36.4 Å². The molecule has 2 aromatic heterocycles. The summed E-state index contributed by atoms with van der Waals surface area (Å²) in [7, 11) is -16.5. The first kappa shape index (κ1) is 53.3. The van der Waals surface area contributed by atoms with Crippen molar-refractivity contribution in [1.82, 2.24) is 30.2 Å². The number of benzene rings is 1. The molecule has 1 aliphatic heterocycles. The lowest BCUT2D eigenvalue weighted by atomic mass is 9.87. The lowest BCUT2D eigenvalue weighted by molar-refractivity contribution is -0.137. The Morgan fingerprint density at radius 2 is 1.66 bits per heavy atom. The van der Waals surface area contributed by atoms with Crippen LogP contribution in [-0.4, -0.2) is 141 Å². The number of nitrogens with two attached hydrogens (primary N) is 2. The minimum atomic E-state index is -5.61. The number of rotatable bonds is 23. The van der Waals surface area contributed by atoms with Crippen molar-refractivity contribution < 1.29 is 90.1 Å². The molecule has 1 fully saturated rings. The number of aliphatic hydroxyl groups excluding tert-OH is 2. The molecular weight excluding hydrogens is 953 g/mol. The van der Waals surface area contributed by atoms with Gasteiger partial charge in [0, 0.05) is 43.2 Å². The summed E-state index contributed by atoms with van der Waals surface area (Å²) < 4.78 is 62.3. The van der Waals surface area contributed by atoms with Gasteiger partial charge in [0.05, 0.1) is 37.5 Å². The van der Waals surface area contributed by atoms with Crippen LogP contribution in [0.1, 0.15) is 43.8 Å². The summed E-state index contributed by atoms with van der Waals surface area (Å²) in [5.74, 6) is -2.46. The first-order chi connectivity index (χ1) is 30.2. The highest BCUT2D eigenvalue weighted by atomic mass is 32.2. The smallest absolute Gasteiger partial charge is 0.386 e. The van der Waals surface area contributed by atoms with E-state index in [1.807, 2.05) is 0 Å². The average Bonchev–Trinajstić information content (AvgIpc) is 3.77. The van der Waals surface area contributed by atoms with Gasteiger partial charge in [-0.2, -0.15) is 4.31 Å². The Morgan fingerprint density at radius 1 is 0.969 bits per heavy atom. The minimum Gasteiger partial charge on any atom is -0.386 e. The largest absolute Gasteiger partial charge is 0.481 e. The van der Waals surface area contributed by atoms with Crippen LogP contribution in [0.5, 0.6) is 0 Å². The van der Waals surface area contributed by atoms with Crippen LogP contribution in [0.15, 0.2) is 30.9 Å². The summed E-state index contributed by atoms with van der Waals surface area (Å²) >= 11 is 0.852. The molecule has 7 atom stereocenters. The number of phosphoric acid groups is 3. The monoisotopic (exact) mass is 1000 g/mol. The molecule has 0 spiro atoms. The lowest BCUT2D eigenvalue weighted by Crippen LogP contribution is -2.46. The third-order valence-corrected chi connectivity index (χ3v) is 12.8. The topological polar surface area (TPSA) is 448 Å². The van der Waals surface area contributed by atoms with Crippen molar-refractivity contribution in [3.63, 3.8) is 0 Å². The predicted octanol–water partition coefficient (Wildman–Crippen LogP) is -1.17. The van der Waals surface area contributed by atoms with E-state index in [1.54, 1.807) is 0 Å². The highest BCUT2D eigenvalue weighted by molar-refractivity contribution is 8.14. The second-order valence-electron chi connectivity index (χ2n) is 14.4. The molecule has 1 aromatic carbocycles. The van der Waals surface area contributed by atoms with E-state index in [1.165, 1.54) is 39.0 Å². The van der Waals surface area contributed by atoms with Crippen LogP contribution in [0.25, 0.3) is 11.2 Å².